The molecule has 0 fully saturated rings. The van der Waals surface area contributed by atoms with Crippen molar-refractivity contribution in [2.45, 2.75) is 13.3 Å². The zero-order chi connectivity index (χ0) is 14.8. The highest BCUT2D eigenvalue weighted by Crippen LogP contribution is 2.27. The summed E-state index contributed by atoms with van der Waals surface area (Å²) in [5.41, 5.74) is 2.63. The average Bonchev–Trinajstić information content (AvgIpc) is 3.00. The number of nitrogens with zero attached hydrogens (tertiary/aromatic N) is 2. The number of fused-ring (bicyclic) bond motifs is 1. The van der Waals surface area contributed by atoms with Crippen LogP contribution in [0.25, 0.3) is 10.3 Å². The second kappa shape index (κ2) is 5.69. The summed E-state index contributed by atoms with van der Waals surface area (Å²) in [7, 11) is 1.85. The molecule has 0 N–H and O–H groups in total. The van der Waals surface area contributed by atoms with Crippen LogP contribution in [-0.2, 0) is 18.2 Å². The fraction of sp³-hybridized carbons (Fsp3) is 0.250. The van der Waals surface area contributed by atoms with E-state index in [0.717, 1.165) is 21.8 Å². The van der Waals surface area contributed by atoms with E-state index >= 15 is 0 Å². The number of ether oxygens (including phenoxy) is 1. The molecule has 4 nitrogen and oxygen atoms in total. The van der Waals surface area contributed by atoms with Crippen molar-refractivity contribution in [2.75, 3.05) is 6.61 Å². The number of benzene rings is 1. The molecular weight excluding hydrogens is 284 g/mol. The molecule has 0 aliphatic heterocycles. The summed E-state index contributed by atoms with van der Waals surface area (Å²) in [6.45, 7) is 2.18. The molecule has 21 heavy (non-hydrogen) atoms. The van der Waals surface area contributed by atoms with Gasteiger partial charge in [0.05, 0.1) is 11.3 Å². The monoisotopic (exact) mass is 300 g/mol. The Bertz CT molecular complexity index is 774. The van der Waals surface area contributed by atoms with E-state index < -0.39 is 0 Å². The maximum Gasteiger partial charge on any atom is 0.355 e. The molecule has 0 spiro atoms. The van der Waals surface area contributed by atoms with Crippen molar-refractivity contribution in [3.05, 3.63) is 52.7 Å². The molecule has 0 aliphatic carbocycles. The number of aryl methyl sites for hydroxylation is 1. The number of aromatic nitrogens is 2. The lowest BCUT2D eigenvalue weighted by Crippen LogP contribution is -2.09. The summed E-state index contributed by atoms with van der Waals surface area (Å²) in [5, 5.41) is 1.05. The minimum Gasteiger partial charge on any atom is -0.461 e. The van der Waals surface area contributed by atoms with Crippen LogP contribution in [0.3, 0.4) is 0 Å². The van der Waals surface area contributed by atoms with Gasteiger partial charge >= 0.3 is 5.97 Å². The van der Waals surface area contributed by atoms with Gasteiger partial charge in [-0.25, -0.2) is 9.78 Å². The molecule has 5 heteroatoms. The Morgan fingerprint density at radius 2 is 2.10 bits per heavy atom. The number of thiazole rings is 1. The molecule has 1 aromatic carbocycles. The molecule has 2 aromatic heterocycles. The maximum atomic E-state index is 11.8. The highest BCUT2D eigenvalue weighted by molar-refractivity contribution is 7.18. The molecule has 3 rings (SSSR count). The van der Waals surface area contributed by atoms with Crippen molar-refractivity contribution in [2.24, 2.45) is 7.05 Å². The van der Waals surface area contributed by atoms with Gasteiger partial charge in [0.15, 0.2) is 5.65 Å². The van der Waals surface area contributed by atoms with Crippen molar-refractivity contribution >= 4 is 27.7 Å². The average molecular weight is 300 g/mol. The van der Waals surface area contributed by atoms with Gasteiger partial charge in [0.2, 0.25) is 0 Å². The van der Waals surface area contributed by atoms with Gasteiger partial charge in [-0.3, -0.25) is 0 Å². The predicted molar refractivity (Wildman–Crippen MR) is 83.8 cm³/mol. The lowest BCUT2D eigenvalue weighted by molar-refractivity contribution is 0.0516. The van der Waals surface area contributed by atoms with Gasteiger partial charge in [-0.15, -0.1) is 11.3 Å². The van der Waals surface area contributed by atoms with Crippen LogP contribution in [0.5, 0.6) is 0 Å². The number of carbonyl (C=O) groups excluding carboxylic acids is 1. The topological polar surface area (TPSA) is 44.1 Å². The molecule has 0 unspecified atom stereocenters. The fourth-order valence-electron chi connectivity index (χ4n) is 2.28. The number of rotatable bonds is 4. The zero-order valence-corrected chi connectivity index (χ0v) is 12.8. The first-order valence-electron chi connectivity index (χ1n) is 6.85. The quantitative estimate of drug-likeness (QED) is 0.694. The van der Waals surface area contributed by atoms with E-state index in [4.69, 9.17) is 4.74 Å². The van der Waals surface area contributed by atoms with Crippen molar-refractivity contribution in [3.8, 4) is 0 Å². The van der Waals surface area contributed by atoms with E-state index in [1.165, 1.54) is 5.56 Å². The second-order valence-electron chi connectivity index (χ2n) is 4.77. The van der Waals surface area contributed by atoms with E-state index in [2.05, 4.69) is 17.1 Å². The van der Waals surface area contributed by atoms with E-state index in [9.17, 15) is 4.79 Å². The van der Waals surface area contributed by atoms with Gasteiger partial charge in [-0.1, -0.05) is 30.3 Å². The normalized spacial score (nSPS) is 11.0. The van der Waals surface area contributed by atoms with Gasteiger partial charge in [0.1, 0.15) is 10.7 Å². The van der Waals surface area contributed by atoms with E-state index in [0.29, 0.717) is 12.3 Å². The Labute approximate surface area is 127 Å². The fourth-order valence-corrected chi connectivity index (χ4v) is 3.35. The smallest absolute Gasteiger partial charge is 0.355 e. The Morgan fingerprint density at radius 1 is 1.33 bits per heavy atom. The van der Waals surface area contributed by atoms with Gasteiger partial charge in [-0.05, 0) is 18.6 Å². The first kappa shape index (κ1) is 13.8. The summed E-state index contributed by atoms with van der Waals surface area (Å²) in [5.74, 6) is -0.296. The Kier molecular flexibility index (Phi) is 3.75. The van der Waals surface area contributed by atoms with Crippen LogP contribution in [0.15, 0.2) is 36.4 Å². The van der Waals surface area contributed by atoms with Crippen LogP contribution in [0.4, 0.5) is 0 Å². The summed E-state index contributed by atoms with van der Waals surface area (Å²) in [6, 6.07) is 12.1. The van der Waals surface area contributed by atoms with Crippen LogP contribution in [0.1, 0.15) is 28.0 Å². The van der Waals surface area contributed by atoms with Crippen molar-refractivity contribution in [3.63, 3.8) is 0 Å². The summed E-state index contributed by atoms with van der Waals surface area (Å²) < 4.78 is 7.87. The third-order valence-corrected chi connectivity index (χ3v) is 4.30. The molecule has 0 saturated heterocycles. The lowest BCUT2D eigenvalue weighted by atomic mass is 10.2. The molecular formula is C16H16N2O2S. The predicted octanol–water partition coefficient (Wildman–Crippen LogP) is 3.40. The zero-order valence-electron chi connectivity index (χ0n) is 12.0. The van der Waals surface area contributed by atoms with Crippen LogP contribution in [-0.4, -0.2) is 22.1 Å². The largest absolute Gasteiger partial charge is 0.461 e. The minimum absolute atomic E-state index is 0.296. The summed E-state index contributed by atoms with van der Waals surface area (Å²) >= 11 is 1.62. The highest BCUT2D eigenvalue weighted by atomic mass is 32.1. The lowest BCUT2D eigenvalue weighted by Gasteiger charge is -2.02. The maximum absolute atomic E-state index is 11.8. The third-order valence-electron chi connectivity index (χ3n) is 3.31. The first-order chi connectivity index (χ1) is 10.2. The molecule has 0 aliphatic rings. The van der Waals surface area contributed by atoms with Crippen LogP contribution < -0.4 is 0 Å². The Balaban J connectivity index is 1.90. The van der Waals surface area contributed by atoms with E-state index in [1.54, 1.807) is 22.8 Å². The Hall–Kier alpha value is -2.14. The van der Waals surface area contributed by atoms with E-state index in [-0.39, 0.29) is 5.97 Å². The molecule has 2 heterocycles. The van der Waals surface area contributed by atoms with Crippen LogP contribution in [0, 0.1) is 0 Å². The van der Waals surface area contributed by atoms with Gasteiger partial charge in [0.25, 0.3) is 0 Å². The molecule has 0 saturated carbocycles. The molecule has 0 atom stereocenters. The Morgan fingerprint density at radius 3 is 2.76 bits per heavy atom. The van der Waals surface area contributed by atoms with Crippen LogP contribution in [0.2, 0.25) is 0 Å². The van der Waals surface area contributed by atoms with E-state index in [1.807, 2.05) is 31.3 Å². The third kappa shape index (κ3) is 2.69. The minimum atomic E-state index is -0.296. The van der Waals surface area contributed by atoms with Gasteiger partial charge in [-0.2, -0.15) is 0 Å². The SMILES string of the molecule is CCOC(=O)c1cc2sc(Cc3ccccc3)nc2n1C. The summed E-state index contributed by atoms with van der Waals surface area (Å²) in [4.78, 5) is 16.5. The number of esters is 1. The van der Waals surface area contributed by atoms with Gasteiger partial charge in [0, 0.05) is 13.5 Å². The molecule has 3 aromatic rings. The van der Waals surface area contributed by atoms with Crippen molar-refractivity contribution in [1.29, 1.82) is 0 Å². The standard InChI is InChI=1S/C16H16N2O2S/c1-3-20-16(19)12-10-13-15(18(12)2)17-14(21-13)9-11-7-5-4-6-8-11/h4-8,10H,3,9H2,1-2H3. The second-order valence-corrected chi connectivity index (χ2v) is 5.88. The van der Waals surface area contributed by atoms with Crippen LogP contribution >= 0.6 is 11.3 Å². The van der Waals surface area contributed by atoms with Crippen molar-refractivity contribution in [1.82, 2.24) is 9.55 Å². The number of hydrogen-bond acceptors (Lipinski definition) is 4. The first-order valence-corrected chi connectivity index (χ1v) is 7.67. The number of carbonyl (C=O) groups is 1. The molecule has 0 amide bonds. The molecule has 0 bridgehead atoms. The highest BCUT2D eigenvalue weighted by Gasteiger charge is 2.17. The summed E-state index contributed by atoms with van der Waals surface area (Å²) in [6.07, 6.45) is 0.814. The van der Waals surface area contributed by atoms with Crippen molar-refractivity contribution < 1.29 is 9.53 Å². The van der Waals surface area contributed by atoms with Gasteiger partial charge < -0.3 is 9.30 Å². The molecule has 108 valence electrons. The number of hydrogen-bond donors (Lipinski definition) is 0. The molecule has 0 radical (unpaired) electrons.